The molecule has 106 valence electrons. The van der Waals surface area contributed by atoms with Gasteiger partial charge in [-0.3, -0.25) is 4.79 Å². The standard InChI is InChI=1S/C16H19NO2S/c1-17(12-13-7-9-14(18)10-8-13)16(19)6-2-4-15-5-3-11-20-15/h3,5,7-11,18H,2,4,6,12H2,1H3. The molecular formula is C16H19NO2S. The van der Waals surface area contributed by atoms with E-state index in [2.05, 4.69) is 11.4 Å². The fourth-order valence-corrected chi connectivity index (χ4v) is 2.77. The summed E-state index contributed by atoms with van der Waals surface area (Å²) in [5.74, 6) is 0.410. The molecule has 1 aromatic heterocycles. The summed E-state index contributed by atoms with van der Waals surface area (Å²) in [5.41, 5.74) is 1.02. The Morgan fingerprint density at radius 3 is 2.65 bits per heavy atom. The number of phenols is 1. The van der Waals surface area contributed by atoms with Gasteiger partial charge in [0, 0.05) is 24.9 Å². The van der Waals surface area contributed by atoms with Crippen LogP contribution in [-0.4, -0.2) is 23.0 Å². The van der Waals surface area contributed by atoms with Gasteiger partial charge in [0.2, 0.25) is 5.91 Å². The molecule has 0 fully saturated rings. The number of thiophene rings is 1. The quantitative estimate of drug-likeness (QED) is 0.885. The van der Waals surface area contributed by atoms with Crippen LogP contribution >= 0.6 is 11.3 Å². The Balaban J connectivity index is 1.75. The van der Waals surface area contributed by atoms with Gasteiger partial charge >= 0.3 is 0 Å². The molecule has 1 N–H and O–H groups in total. The number of amides is 1. The number of aromatic hydroxyl groups is 1. The van der Waals surface area contributed by atoms with E-state index in [9.17, 15) is 9.90 Å². The third kappa shape index (κ3) is 4.38. The lowest BCUT2D eigenvalue weighted by molar-refractivity contribution is -0.130. The Morgan fingerprint density at radius 1 is 1.25 bits per heavy atom. The number of phenolic OH excluding ortho intramolecular Hbond substituents is 1. The van der Waals surface area contributed by atoms with Crippen LogP contribution in [0.25, 0.3) is 0 Å². The van der Waals surface area contributed by atoms with E-state index in [0.717, 1.165) is 18.4 Å². The molecule has 4 heteroatoms. The summed E-state index contributed by atoms with van der Waals surface area (Å²) in [4.78, 5) is 15.1. The maximum Gasteiger partial charge on any atom is 0.222 e. The Kier molecular flexibility index (Phi) is 5.18. The molecule has 2 rings (SSSR count). The van der Waals surface area contributed by atoms with Crippen molar-refractivity contribution in [2.75, 3.05) is 7.05 Å². The van der Waals surface area contributed by atoms with Crippen molar-refractivity contribution in [2.24, 2.45) is 0 Å². The number of carbonyl (C=O) groups excluding carboxylic acids is 1. The van der Waals surface area contributed by atoms with Crippen molar-refractivity contribution in [3.63, 3.8) is 0 Å². The summed E-state index contributed by atoms with van der Waals surface area (Å²) in [6.07, 6.45) is 2.43. The Morgan fingerprint density at radius 2 is 2.00 bits per heavy atom. The van der Waals surface area contributed by atoms with Gasteiger partial charge in [-0.2, -0.15) is 0 Å². The molecular weight excluding hydrogens is 270 g/mol. The van der Waals surface area contributed by atoms with E-state index in [1.807, 2.05) is 25.2 Å². The van der Waals surface area contributed by atoms with Gasteiger partial charge in [0.25, 0.3) is 0 Å². The maximum atomic E-state index is 12.0. The molecule has 0 unspecified atom stereocenters. The number of hydrogen-bond acceptors (Lipinski definition) is 3. The lowest BCUT2D eigenvalue weighted by atomic mass is 10.1. The van der Waals surface area contributed by atoms with E-state index < -0.39 is 0 Å². The van der Waals surface area contributed by atoms with Gasteiger partial charge in [-0.05, 0) is 42.0 Å². The van der Waals surface area contributed by atoms with Crippen LogP contribution in [0.15, 0.2) is 41.8 Å². The van der Waals surface area contributed by atoms with E-state index in [1.54, 1.807) is 28.4 Å². The summed E-state index contributed by atoms with van der Waals surface area (Å²) in [5, 5.41) is 11.3. The predicted octanol–water partition coefficient (Wildman–Crippen LogP) is 3.44. The third-order valence-electron chi connectivity index (χ3n) is 3.18. The third-order valence-corrected chi connectivity index (χ3v) is 4.11. The summed E-state index contributed by atoms with van der Waals surface area (Å²) in [6, 6.07) is 11.1. The zero-order chi connectivity index (χ0) is 14.4. The monoisotopic (exact) mass is 289 g/mol. The fourth-order valence-electron chi connectivity index (χ4n) is 2.02. The second-order valence-corrected chi connectivity index (χ2v) is 5.88. The predicted molar refractivity (Wildman–Crippen MR) is 81.8 cm³/mol. The van der Waals surface area contributed by atoms with Crippen LogP contribution in [0, 0.1) is 0 Å². The number of nitrogens with zero attached hydrogens (tertiary/aromatic N) is 1. The average Bonchev–Trinajstić information content (AvgIpc) is 2.94. The lowest BCUT2D eigenvalue weighted by Crippen LogP contribution is -2.25. The molecule has 0 saturated heterocycles. The van der Waals surface area contributed by atoms with Crippen LogP contribution in [0.2, 0.25) is 0 Å². The average molecular weight is 289 g/mol. The van der Waals surface area contributed by atoms with E-state index in [4.69, 9.17) is 0 Å². The maximum absolute atomic E-state index is 12.0. The molecule has 0 saturated carbocycles. The second kappa shape index (κ2) is 7.10. The first kappa shape index (κ1) is 14.6. The van der Waals surface area contributed by atoms with E-state index in [-0.39, 0.29) is 11.7 Å². The van der Waals surface area contributed by atoms with Crippen molar-refractivity contribution in [2.45, 2.75) is 25.8 Å². The zero-order valence-electron chi connectivity index (χ0n) is 11.6. The summed E-state index contributed by atoms with van der Waals surface area (Å²) < 4.78 is 0. The summed E-state index contributed by atoms with van der Waals surface area (Å²) in [7, 11) is 1.82. The van der Waals surface area contributed by atoms with Crippen LogP contribution in [0.4, 0.5) is 0 Å². The van der Waals surface area contributed by atoms with Crippen LogP contribution in [0.3, 0.4) is 0 Å². The molecule has 1 amide bonds. The molecule has 0 aliphatic heterocycles. The molecule has 0 spiro atoms. The van der Waals surface area contributed by atoms with E-state index in [1.165, 1.54) is 4.88 Å². The minimum atomic E-state index is 0.162. The SMILES string of the molecule is CN(Cc1ccc(O)cc1)C(=O)CCCc1cccs1. The highest BCUT2D eigenvalue weighted by Crippen LogP contribution is 2.14. The number of benzene rings is 1. The smallest absolute Gasteiger partial charge is 0.222 e. The highest BCUT2D eigenvalue weighted by atomic mass is 32.1. The van der Waals surface area contributed by atoms with Crippen molar-refractivity contribution in [3.8, 4) is 5.75 Å². The van der Waals surface area contributed by atoms with Crippen LogP contribution in [0.5, 0.6) is 5.75 Å². The van der Waals surface area contributed by atoms with Crippen molar-refractivity contribution < 1.29 is 9.90 Å². The Bertz CT molecular complexity index is 534. The normalized spacial score (nSPS) is 10.4. The topological polar surface area (TPSA) is 40.5 Å². The molecule has 20 heavy (non-hydrogen) atoms. The number of aryl methyl sites for hydroxylation is 1. The van der Waals surface area contributed by atoms with E-state index in [0.29, 0.717) is 13.0 Å². The lowest BCUT2D eigenvalue weighted by Gasteiger charge is -2.17. The molecule has 1 heterocycles. The van der Waals surface area contributed by atoms with Gasteiger partial charge in [0.05, 0.1) is 0 Å². The number of carbonyl (C=O) groups is 1. The molecule has 3 nitrogen and oxygen atoms in total. The molecule has 0 bridgehead atoms. The first-order chi connectivity index (χ1) is 9.65. The van der Waals surface area contributed by atoms with Gasteiger partial charge in [-0.25, -0.2) is 0 Å². The van der Waals surface area contributed by atoms with Gasteiger partial charge in [-0.1, -0.05) is 18.2 Å². The highest BCUT2D eigenvalue weighted by Gasteiger charge is 2.09. The van der Waals surface area contributed by atoms with Crippen molar-refractivity contribution in [1.29, 1.82) is 0 Å². The zero-order valence-corrected chi connectivity index (χ0v) is 12.4. The van der Waals surface area contributed by atoms with Gasteiger partial charge in [0.1, 0.15) is 5.75 Å². The molecule has 0 aliphatic carbocycles. The Hall–Kier alpha value is -1.81. The minimum absolute atomic E-state index is 0.162. The molecule has 0 aliphatic rings. The highest BCUT2D eigenvalue weighted by molar-refractivity contribution is 7.09. The van der Waals surface area contributed by atoms with E-state index >= 15 is 0 Å². The fraction of sp³-hybridized carbons (Fsp3) is 0.312. The van der Waals surface area contributed by atoms with Gasteiger partial charge < -0.3 is 10.0 Å². The Labute approximate surface area is 123 Å². The van der Waals surface area contributed by atoms with Crippen molar-refractivity contribution >= 4 is 17.2 Å². The minimum Gasteiger partial charge on any atom is -0.508 e. The molecule has 0 radical (unpaired) electrons. The van der Waals surface area contributed by atoms with Gasteiger partial charge in [-0.15, -0.1) is 11.3 Å². The van der Waals surface area contributed by atoms with Crippen LogP contribution in [0.1, 0.15) is 23.3 Å². The van der Waals surface area contributed by atoms with Crippen molar-refractivity contribution in [3.05, 3.63) is 52.2 Å². The summed E-state index contributed by atoms with van der Waals surface area (Å²) in [6.45, 7) is 0.581. The van der Waals surface area contributed by atoms with Crippen LogP contribution in [-0.2, 0) is 17.8 Å². The van der Waals surface area contributed by atoms with Crippen molar-refractivity contribution in [1.82, 2.24) is 4.90 Å². The first-order valence-electron chi connectivity index (χ1n) is 6.69. The molecule has 2 aromatic rings. The molecule has 0 atom stereocenters. The second-order valence-electron chi connectivity index (χ2n) is 4.85. The van der Waals surface area contributed by atoms with Gasteiger partial charge in [0.15, 0.2) is 0 Å². The first-order valence-corrected chi connectivity index (χ1v) is 7.57. The number of hydrogen-bond donors (Lipinski definition) is 1. The molecule has 1 aromatic carbocycles. The summed E-state index contributed by atoms with van der Waals surface area (Å²) >= 11 is 1.74. The van der Waals surface area contributed by atoms with Crippen LogP contribution < -0.4 is 0 Å². The number of rotatable bonds is 6. The largest absolute Gasteiger partial charge is 0.508 e.